The summed E-state index contributed by atoms with van der Waals surface area (Å²) in [5.41, 5.74) is 0.824. The van der Waals surface area contributed by atoms with E-state index in [1.807, 2.05) is 0 Å². The highest BCUT2D eigenvalue weighted by molar-refractivity contribution is 5.91. The third kappa shape index (κ3) is 6.58. The Morgan fingerprint density at radius 3 is 2.65 bits per heavy atom. The lowest BCUT2D eigenvalue weighted by atomic mass is 10.2. The molecule has 0 spiro atoms. The van der Waals surface area contributed by atoms with Gasteiger partial charge in [-0.25, -0.2) is 0 Å². The molecule has 1 aromatic rings. The first kappa shape index (κ1) is 15.8. The van der Waals surface area contributed by atoms with E-state index in [0.717, 1.165) is 5.56 Å². The number of phenols is 1. The summed E-state index contributed by atoms with van der Waals surface area (Å²) < 4.78 is 4.78. The van der Waals surface area contributed by atoms with Gasteiger partial charge in [0.05, 0.1) is 6.61 Å². The van der Waals surface area contributed by atoms with Crippen molar-refractivity contribution in [3.8, 4) is 5.75 Å². The molecule has 1 rings (SSSR count). The highest BCUT2D eigenvalue weighted by Gasteiger charge is 2.01. The Labute approximate surface area is 118 Å². The van der Waals surface area contributed by atoms with Gasteiger partial charge >= 0.3 is 5.97 Å². The van der Waals surface area contributed by atoms with Crippen LogP contribution >= 0.6 is 0 Å². The van der Waals surface area contributed by atoms with E-state index in [1.165, 1.54) is 6.08 Å². The zero-order valence-electron chi connectivity index (χ0n) is 11.5. The van der Waals surface area contributed by atoms with Gasteiger partial charge in [-0.1, -0.05) is 12.1 Å². The van der Waals surface area contributed by atoms with Crippen LogP contribution in [0.3, 0.4) is 0 Å². The minimum atomic E-state index is -0.249. The van der Waals surface area contributed by atoms with Crippen LogP contribution in [0.2, 0.25) is 0 Å². The predicted octanol–water partition coefficient (Wildman–Crippen LogP) is 1.86. The Kier molecular flexibility index (Phi) is 6.89. The fraction of sp³-hybridized carbons (Fsp3) is 0.333. The van der Waals surface area contributed by atoms with Gasteiger partial charge < -0.3 is 15.2 Å². The lowest BCUT2D eigenvalue weighted by molar-refractivity contribution is -0.143. The van der Waals surface area contributed by atoms with Crippen molar-refractivity contribution in [1.82, 2.24) is 5.32 Å². The molecule has 0 radical (unpaired) electrons. The maximum Gasteiger partial charge on any atom is 0.305 e. The molecule has 0 aliphatic carbocycles. The van der Waals surface area contributed by atoms with E-state index in [4.69, 9.17) is 9.84 Å². The molecular formula is C15H19NO4. The number of benzene rings is 1. The highest BCUT2D eigenvalue weighted by atomic mass is 16.5. The van der Waals surface area contributed by atoms with Crippen molar-refractivity contribution in [2.24, 2.45) is 0 Å². The average Bonchev–Trinajstić information content (AvgIpc) is 2.43. The second kappa shape index (κ2) is 8.74. The minimum absolute atomic E-state index is 0.186. The molecule has 0 aliphatic rings. The molecule has 108 valence electrons. The van der Waals surface area contributed by atoms with Crippen LogP contribution in [0, 0.1) is 0 Å². The molecule has 5 heteroatoms. The molecule has 0 saturated heterocycles. The second-order valence-electron chi connectivity index (χ2n) is 4.12. The van der Waals surface area contributed by atoms with Gasteiger partial charge in [0.15, 0.2) is 0 Å². The van der Waals surface area contributed by atoms with Gasteiger partial charge in [-0.3, -0.25) is 9.59 Å². The topological polar surface area (TPSA) is 75.6 Å². The van der Waals surface area contributed by atoms with Crippen LogP contribution in [-0.4, -0.2) is 30.1 Å². The zero-order chi connectivity index (χ0) is 14.8. The SMILES string of the molecule is CCOC(=O)CCCNC(=O)C=Cc1ccc(O)cc1. The molecule has 0 atom stereocenters. The van der Waals surface area contributed by atoms with Crippen molar-refractivity contribution < 1.29 is 19.4 Å². The largest absolute Gasteiger partial charge is 0.508 e. The van der Waals surface area contributed by atoms with Crippen molar-refractivity contribution in [3.05, 3.63) is 35.9 Å². The monoisotopic (exact) mass is 277 g/mol. The van der Waals surface area contributed by atoms with Gasteiger partial charge in [-0.05, 0) is 37.1 Å². The lowest BCUT2D eigenvalue weighted by Gasteiger charge is -2.02. The molecule has 20 heavy (non-hydrogen) atoms. The number of ether oxygens (including phenoxy) is 1. The van der Waals surface area contributed by atoms with E-state index < -0.39 is 0 Å². The zero-order valence-corrected chi connectivity index (χ0v) is 11.5. The van der Waals surface area contributed by atoms with Crippen LogP contribution < -0.4 is 5.32 Å². The second-order valence-corrected chi connectivity index (χ2v) is 4.12. The van der Waals surface area contributed by atoms with Gasteiger partial charge in [0.25, 0.3) is 0 Å². The average molecular weight is 277 g/mol. The summed E-state index contributed by atoms with van der Waals surface area (Å²) in [5.74, 6) is -0.283. The Balaban J connectivity index is 2.23. The molecule has 1 aromatic carbocycles. The summed E-state index contributed by atoms with van der Waals surface area (Å²) in [7, 11) is 0. The van der Waals surface area contributed by atoms with E-state index >= 15 is 0 Å². The number of hydrogen-bond donors (Lipinski definition) is 2. The molecule has 0 aliphatic heterocycles. The number of carbonyl (C=O) groups excluding carboxylic acids is 2. The quantitative estimate of drug-likeness (QED) is 0.453. The van der Waals surface area contributed by atoms with Crippen molar-refractivity contribution in [1.29, 1.82) is 0 Å². The Morgan fingerprint density at radius 1 is 1.30 bits per heavy atom. The Bertz CT molecular complexity index is 465. The smallest absolute Gasteiger partial charge is 0.305 e. The van der Waals surface area contributed by atoms with Crippen LogP contribution in [0.15, 0.2) is 30.3 Å². The van der Waals surface area contributed by atoms with Crippen LogP contribution in [0.1, 0.15) is 25.3 Å². The molecule has 0 unspecified atom stereocenters. The number of aromatic hydroxyl groups is 1. The van der Waals surface area contributed by atoms with Crippen molar-refractivity contribution in [2.45, 2.75) is 19.8 Å². The van der Waals surface area contributed by atoms with E-state index in [9.17, 15) is 9.59 Å². The van der Waals surface area contributed by atoms with E-state index in [1.54, 1.807) is 37.3 Å². The molecule has 0 heterocycles. The fourth-order valence-electron chi connectivity index (χ4n) is 1.49. The third-order valence-electron chi connectivity index (χ3n) is 2.48. The van der Waals surface area contributed by atoms with Gasteiger partial charge in [0.2, 0.25) is 5.91 Å². The number of carbonyl (C=O) groups is 2. The van der Waals surface area contributed by atoms with Gasteiger partial charge in [-0.15, -0.1) is 0 Å². The fourth-order valence-corrected chi connectivity index (χ4v) is 1.49. The Morgan fingerprint density at radius 2 is 2.00 bits per heavy atom. The first-order valence-corrected chi connectivity index (χ1v) is 6.52. The van der Waals surface area contributed by atoms with Crippen LogP contribution in [0.4, 0.5) is 0 Å². The predicted molar refractivity (Wildman–Crippen MR) is 76.0 cm³/mol. The molecule has 0 bridgehead atoms. The number of esters is 1. The van der Waals surface area contributed by atoms with Crippen molar-refractivity contribution >= 4 is 18.0 Å². The molecule has 1 amide bonds. The number of hydrogen-bond acceptors (Lipinski definition) is 4. The summed E-state index contributed by atoms with van der Waals surface area (Å²) in [5, 5.41) is 11.8. The highest BCUT2D eigenvalue weighted by Crippen LogP contribution is 2.10. The molecular weight excluding hydrogens is 258 g/mol. The maximum absolute atomic E-state index is 11.5. The summed E-state index contributed by atoms with van der Waals surface area (Å²) in [6.45, 7) is 2.56. The molecule has 0 fully saturated rings. The van der Waals surface area contributed by atoms with Crippen LogP contribution in [0.5, 0.6) is 5.75 Å². The van der Waals surface area contributed by atoms with Gasteiger partial charge in [0, 0.05) is 19.0 Å². The van der Waals surface area contributed by atoms with Gasteiger partial charge in [-0.2, -0.15) is 0 Å². The summed E-state index contributed by atoms with van der Waals surface area (Å²) in [6.07, 6.45) is 3.92. The molecule has 0 saturated carbocycles. The Hall–Kier alpha value is -2.30. The van der Waals surface area contributed by atoms with Crippen LogP contribution in [0.25, 0.3) is 6.08 Å². The van der Waals surface area contributed by atoms with E-state index in [-0.39, 0.29) is 17.6 Å². The molecule has 2 N–H and O–H groups in total. The molecule has 0 aromatic heterocycles. The van der Waals surface area contributed by atoms with E-state index in [2.05, 4.69) is 5.32 Å². The van der Waals surface area contributed by atoms with E-state index in [0.29, 0.717) is 26.0 Å². The molecule has 5 nitrogen and oxygen atoms in total. The number of rotatable bonds is 7. The first-order valence-electron chi connectivity index (χ1n) is 6.52. The maximum atomic E-state index is 11.5. The number of phenolic OH excluding ortho intramolecular Hbond substituents is 1. The van der Waals surface area contributed by atoms with Crippen LogP contribution in [-0.2, 0) is 14.3 Å². The standard InChI is InChI=1S/C15H19NO4/c1-2-20-15(19)4-3-11-16-14(18)10-7-12-5-8-13(17)9-6-12/h5-10,17H,2-4,11H2,1H3,(H,16,18). The summed E-state index contributed by atoms with van der Waals surface area (Å²) >= 11 is 0. The number of amides is 1. The normalized spacial score (nSPS) is 10.4. The number of nitrogens with one attached hydrogen (secondary N) is 1. The van der Waals surface area contributed by atoms with Gasteiger partial charge in [0.1, 0.15) is 5.75 Å². The summed E-state index contributed by atoms with van der Waals surface area (Å²) in [6, 6.07) is 6.52. The minimum Gasteiger partial charge on any atom is -0.508 e. The summed E-state index contributed by atoms with van der Waals surface area (Å²) in [4.78, 5) is 22.5. The first-order chi connectivity index (χ1) is 9.61. The lowest BCUT2D eigenvalue weighted by Crippen LogP contribution is -2.22. The third-order valence-corrected chi connectivity index (χ3v) is 2.48. The van der Waals surface area contributed by atoms with Crippen molar-refractivity contribution in [2.75, 3.05) is 13.2 Å². The van der Waals surface area contributed by atoms with Crippen molar-refractivity contribution in [3.63, 3.8) is 0 Å².